The summed E-state index contributed by atoms with van der Waals surface area (Å²) in [7, 11) is 0. The lowest BCUT2D eigenvalue weighted by atomic mass is 9.85. The molecule has 0 N–H and O–H groups in total. The van der Waals surface area contributed by atoms with Gasteiger partial charge in [-0.3, -0.25) is 9.79 Å². The van der Waals surface area contributed by atoms with Gasteiger partial charge >= 0.3 is 11.9 Å². The Hall–Kier alpha value is -1.91. The fourth-order valence-corrected chi connectivity index (χ4v) is 1.71. The highest BCUT2D eigenvalue weighted by molar-refractivity contribution is 5.97. The topological polar surface area (TPSA) is 65.0 Å². The van der Waals surface area contributed by atoms with Crippen molar-refractivity contribution >= 4 is 18.2 Å². The van der Waals surface area contributed by atoms with Gasteiger partial charge in [-0.05, 0) is 13.8 Å². The second-order valence-corrected chi connectivity index (χ2v) is 3.64. The molecule has 0 spiro atoms. The summed E-state index contributed by atoms with van der Waals surface area (Å²) < 4.78 is 9.86. The van der Waals surface area contributed by atoms with Crippen molar-refractivity contribution in [2.45, 2.75) is 13.8 Å². The molecule has 0 aromatic carbocycles. The van der Waals surface area contributed by atoms with Crippen LogP contribution in [0.15, 0.2) is 29.4 Å². The number of carbonyl (C=O) groups excluding carboxylic acids is 2. The molecule has 0 aromatic heterocycles. The Morgan fingerprint density at radius 2 is 2.06 bits per heavy atom. The van der Waals surface area contributed by atoms with E-state index >= 15 is 0 Å². The first-order valence-electron chi connectivity index (χ1n) is 5.85. The fourth-order valence-electron chi connectivity index (χ4n) is 1.71. The largest absolute Gasteiger partial charge is 0.465 e. The standard InChI is InChI=1S/C13H17NO4/c1-4-9-10(12(15)17-5-2)7-14-8-11(9)13(16)18-6-3/h4,7-10H,1,5-6H2,2-3H3/t9-,10?/m0/s1. The van der Waals surface area contributed by atoms with E-state index in [2.05, 4.69) is 11.6 Å². The summed E-state index contributed by atoms with van der Waals surface area (Å²) in [6.07, 6.45) is 4.41. The maximum atomic E-state index is 11.8. The minimum Gasteiger partial charge on any atom is -0.465 e. The first-order chi connectivity index (χ1) is 8.65. The van der Waals surface area contributed by atoms with Crippen LogP contribution >= 0.6 is 0 Å². The number of carbonyl (C=O) groups is 2. The molecule has 0 radical (unpaired) electrons. The SMILES string of the molecule is C=C[C@@H]1C(C(=O)OCC)=CN=CC1C(=O)OCC. The fraction of sp³-hybridized carbons (Fsp3) is 0.462. The first-order valence-corrected chi connectivity index (χ1v) is 5.85. The van der Waals surface area contributed by atoms with Gasteiger partial charge in [0.2, 0.25) is 0 Å². The Balaban J connectivity index is 2.91. The van der Waals surface area contributed by atoms with Gasteiger partial charge in [-0.1, -0.05) is 6.08 Å². The van der Waals surface area contributed by atoms with E-state index in [1.807, 2.05) is 0 Å². The number of rotatable bonds is 5. The molecule has 1 unspecified atom stereocenters. The van der Waals surface area contributed by atoms with Crippen molar-refractivity contribution < 1.29 is 19.1 Å². The number of hydrogen-bond donors (Lipinski definition) is 0. The Labute approximate surface area is 106 Å². The molecule has 1 heterocycles. The van der Waals surface area contributed by atoms with E-state index in [0.717, 1.165) is 0 Å². The first kappa shape index (κ1) is 14.2. The predicted octanol–water partition coefficient (Wildman–Crippen LogP) is 1.50. The van der Waals surface area contributed by atoms with Crippen LogP contribution < -0.4 is 0 Å². The monoisotopic (exact) mass is 251 g/mol. The third-order valence-electron chi connectivity index (χ3n) is 2.53. The van der Waals surface area contributed by atoms with Crippen molar-refractivity contribution in [2.24, 2.45) is 16.8 Å². The van der Waals surface area contributed by atoms with E-state index in [1.54, 1.807) is 13.8 Å². The zero-order valence-corrected chi connectivity index (χ0v) is 10.6. The van der Waals surface area contributed by atoms with Crippen LogP contribution in [0.1, 0.15) is 13.8 Å². The van der Waals surface area contributed by atoms with Gasteiger partial charge in [0.15, 0.2) is 0 Å². The Bertz CT molecular complexity index is 398. The van der Waals surface area contributed by atoms with Crippen molar-refractivity contribution in [3.63, 3.8) is 0 Å². The van der Waals surface area contributed by atoms with Crippen LogP contribution in [-0.4, -0.2) is 31.4 Å². The third-order valence-corrected chi connectivity index (χ3v) is 2.53. The average Bonchev–Trinajstić information content (AvgIpc) is 2.38. The van der Waals surface area contributed by atoms with E-state index in [-0.39, 0.29) is 13.2 Å². The number of aliphatic imine (C=N–C) groups is 1. The summed E-state index contributed by atoms with van der Waals surface area (Å²) in [6, 6.07) is 0. The van der Waals surface area contributed by atoms with Crippen molar-refractivity contribution in [3.05, 3.63) is 24.4 Å². The Morgan fingerprint density at radius 3 is 2.61 bits per heavy atom. The molecule has 0 saturated carbocycles. The van der Waals surface area contributed by atoms with Crippen molar-refractivity contribution in [1.82, 2.24) is 0 Å². The predicted molar refractivity (Wildman–Crippen MR) is 67.0 cm³/mol. The summed E-state index contributed by atoms with van der Waals surface area (Å²) in [6.45, 7) is 7.65. The quantitative estimate of drug-likeness (QED) is 0.548. The molecule has 1 aliphatic heterocycles. The molecule has 0 fully saturated rings. The maximum Gasteiger partial charge on any atom is 0.336 e. The van der Waals surface area contributed by atoms with Crippen LogP contribution in [0.3, 0.4) is 0 Å². The molecule has 2 atom stereocenters. The minimum absolute atomic E-state index is 0.272. The van der Waals surface area contributed by atoms with E-state index in [4.69, 9.17) is 9.47 Å². The van der Waals surface area contributed by atoms with E-state index < -0.39 is 23.8 Å². The number of hydrogen-bond acceptors (Lipinski definition) is 5. The second-order valence-electron chi connectivity index (χ2n) is 3.64. The molecular weight excluding hydrogens is 234 g/mol. The van der Waals surface area contributed by atoms with E-state index in [1.165, 1.54) is 18.5 Å². The summed E-state index contributed by atoms with van der Waals surface area (Å²) in [5, 5.41) is 0. The highest BCUT2D eigenvalue weighted by Gasteiger charge is 2.34. The molecule has 0 aliphatic carbocycles. The lowest BCUT2D eigenvalue weighted by molar-refractivity contribution is -0.146. The van der Waals surface area contributed by atoms with Gasteiger partial charge in [-0.15, -0.1) is 6.58 Å². The van der Waals surface area contributed by atoms with E-state index in [9.17, 15) is 9.59 Å². The number of esters is 2. The highest BCUT2D eigenvalue weighted by Crippen LogP contribution is 2.26. The normalized spacial score (nSPS) is 22.0. The third kappa shape index (κ3) is 3.06. The molecule has 1 rings (SSSR count). The smallest absolute Gasteiger partial charge is 0.336 e. The van der Waals surface area contributed by atoms with Crippen molar-refractivity contribution in [2.75, 3.05) is 13.2 Å². The molecule has 98 valence electrons. The van der Waals surface area contributed by atoms with Gasteiger partial charge in [-0.25, -0.2) is 4.79 Å². The number of nitrogens with zero attached hydrogens (tertiary/aromatic N) is 1. The van der Waals surface area contributed by atoms with Gasteiger partial charge in [0, 0.05) is 18.3 Å². The Kier molecular flexibility index (Phi) is 5.30. The average molecular weight is 251 g/mol. The van der Waals surface area contributed by atoms with Crippen LogP contribution in [0.5, 0.6) is 0 Å². The highest BCUT2D eigenvalue weighted by atomic mass is 16.5. The van der Waals surface area contributed by atoms with Crippen molar-refractivity contribution in [1.29, 1.82) is 0 Å². The molecular formula is C13H17NO4. The lowest BCUT2D eigenvalue weighted by Crippen LogP contribution is -2.32. The zero-order valence-electron chi connectivity index (χ0n) is 10.6. The number of allylic oxidation sites excluding steroid dienone is 1. The molecule has 0 bridgehead atoms. The number of ether oxygens (including phenoxy) is 2. The summed E-state index contributed by atoms with van der Waals surface area (Å²) in [4.78, 5) is 27.4. The maximum absolute atomic E-state index is 11.8. The second kappa shape index (κ2) is 6.74. The molecule has 0 amide bonds. The molecule has 5 nitrogen and oxygen atoms in total. The van der Waals surface area contributed by atoms with Gasteiger partial charge in [-0.2, -0.15) is 0 Å². The Morgan fingerprint density at radius 1 is 1.39 bits per heavy atom. The van der Waals surface area contributed by atoms with Crippen LogP contribution in [-0.2, 0) is 19.1 Å². The van der Waals surface area contributed by atoms with Gasteiger partial charge in [0.25, 0.3) is 0 Å². The van der Waals surface area contributed by atoms with Crippen molar-refractivity contribution in [3.8, 4) is 0 Å². The molecule has 0 saturated heterocycles. The minimum atomic E-state index is -0.619. The summed E-state index contributed by atoms with van der Waals surface area (Å²) in [5.41, 5.74) is 0.326. The van der Waals surface area contributed by atoms with Gasteiger partial charge in [0.05, 0.1) is 18.8 Å². The lowest BCUT2D eigenvalue weighted by Gasteiger charge is -2.23. The van der Waals surface area contributed by atoms with Gasteiger partial charge in [0.1, 0.15) is 5.92 Å². The molecule has 0 aromatic rings. The van der Waals surface area contributed by atoms with Crippen LogP contribution in [0.2, 0.25) is 0 Å². The van der Waals surface area contributed by atoms with Crippen LogP contribution in [0, 0.1) is 11.8 Å². The van der Waals surface area contributed by atoms with Gasteiger partial charge < -0.3 is 9.47 Å². The van der Waals surface area contributed by atoms with E-state index in [0.29, 0.717) is 5.57 Å². The van der Waals surface area contributed by atoms with Crippen LogP contribution in [0.4, 0.5) is 0 Å². The summed E-state index contributed by atoms with van der Waals surface area (Å²) >= 11 is 0. The molecule has 5 heteroatoms. The zero-order chi connectivity index (χ0) is 13.5. The molecule has 1 aliphatic rings. The summed E-state index contributed by atoms with van der Waals surface area (Å²) in [5.74, 6) is -1.97. The van der Waals surface area contributed by atoms with Crippen LogP contribution in [0.25, 0.3) is 0 Å². The molecule has 18 heavy (non-hydrogen) atoms.